The fourth-order valence-corrected chi connectivity index (χ4v) is 4.40. The van der Waals surface area contributed by atoms with Crippen molar-refractivity contribution in [2.45, 2.75) is 83.6 Å². The Morgan fingerprint density at radius 3 is 1.97 bits per heavy atom. The summed E-state index contributed by atoms with van der Waals surface area (Å²) in [6.07, 6.45) is 0.486. The van der Waals surface area contributed by atoms with Gasteiger partial charge >= 0.3 is 5.97 Å². The predicted molar refractivity (Wildman–Crippen MR) is 130 cm³/mol. The van der Waals surface area contributed by atoms with Crippen LogP contribution in [0.4, 0.5) is 0 Å². The molecule has 0 fully saturated rings. The van der Waals surface area contributed by atoms with Crippen molar-refractivity contribution < 1.29 is 19.1 Å². The molecule has 32 heavy (non-hydrogen) atoms. The van der Waals surface area contributed by atoms with Gasteiger partial charge in [0.15, 0.2) is 0 Å². The van der Waals surface area contributed by atoms with Gasteiger partial charge in [0.2, 0.25) is 11.8 Å². The monoisotopic (exact) mass is 464 g/mol. The standard InChI is InChI=1S/C25H40N2O4S/c1-16(2)15-18(21(28)27-20(22(29)26-9)24(3,4)5)19(23(30)31-25(6,7)8)32-17-13-11-10-12-14-17/h10-14,16,18-20H,15H2,1-9H3,(H,26,29)(H,27,28)/t18-,19+,20-/m1/s1. The Morgan fingerprint density at radius 2 is 1.53 bits per heavy atom. The molecule has 1 rings (SSSR count). The molecule has 0 spiro atoms. The first kappa shape index (κ1) is 28.0. The summed E-state index contributed by atoms with van der Waals surface area (Å²) in [5.74, 6) is -1.51. The van der Waals surface area contributed by atoms with E-state index < -0.39 is 34.2 Å². The van der Waals surface area contributed by atoms with E-state index in [1.165, 1.54) is 11.8 Å². The number of hydrogen-bond acceptors (Lipinski definition) is 5. The van der Waals surface area contributed by atoms with Crippen LogP contribution in [0.25, 0.3) is 0 Å². The van der Waals surface area contributed by atoms with Crippen LogP contribution in [-0.4, -0.2) is 41.7 Å². The molecule has 0 aromatic heterocycles. The highest BCUT2D eigenvalue weighted by molar-refractivity contribution is 8.00. The van der Waals surface area contributed by atoms with Gasteiger partial charge < -0.3 is 15.4 Å². The van der Waals surface area contributed by atoms with E-state index in [0.29, 0.717) is 6.42 Å². The van der Waals surface area contributed by atoms with Crippen LogP contribution in [0.15, 0.2) is 35.2 Å². The van der Waals surface area contributed by atoms with Crippen LogP contribution in [0.5, 0.6) is 0 Å². The first-order valence-corrected chi connectivity index (χ1v) is 12.0. The van der Waals surface area contributed by atoms with Crippen LogP contribution in [0.3, 0.4) is 0 Å². The SMILES string of the molecule is CNC(=O)[C@@H](NC(=O)[C@H](CC(C)C)[C@H](Sc1ccccc1)C(=O)OC(C)(C)C)C(C)(C)C. The maximum absolute atomic E-state index is 13.5. The third-order valence-corrected chi connectivity index (χ3v) is 6.05. The van der Waals surface area contributed by atoms with Gasteiger partial charge in [-0.1, -0.05) is 52.8 Å². The largest absolute Gasteiger partial charge is 0.459 e. The summed E-state index contributed by atoms with van der Waals surface area (Å²) in [4.78, 5) is 40.2. The van der Waals surface area contributed by atoms with Crippen molar-refractivity contribution in [3.8, 4) is 0 Å². The summed E-state index contributed by atoms with van der Waals surface area (Å²) in [5.41, 5.74) is -1.17. The zero-order valence-corrected chi connectivity index (χ0v) is 21.8. The van der Waals surface area contributed by atoms with E-state index in [0.717, 1.165) is 4.90 Å². The molecule has 2 amide bonds. The van der Waals surface area contributed by atoms with Crippen molar-refractivity contribution in [1.29, 1.82) is 0 Å². The zero-order chi connectivity index (χ0) is 24.7. The number of ether oxygens (including phenoxy) is 1. The molecule has 180 valence electrons. The number of carbonyl (C=O) groups is 3. The molecule has 0 bridgehead atoms. The zero-order valence-electron chi connectivity index (χ0n) is 20.9. The molecule has 7 heteroatoms. The second kappa shape index (κ2) is 11.7. The van der Waals surface area contributed by atoms with Gasteiger partial charge in [0.05, 0.1) is 5.92 Å². The van der Waals surface area contributed by atoms with Crippen LogP contribution in [0.2, 0.25) is 0 Å². The molecule has 2 N–H and O–H groups in total. The van der Waals surface area contributed by atoms with Crippen molar-refractivity contribution in [2.75, 3.05) is 7.05 Å². The third-order valence-electron chi connectivity index (χ3n) is 4.73. The molecule has 3 atom stereocenters. The number of carbonyl (C=O) groups excluding carboxylic acids is 3. The Bertz CT molecular complexity index is 766. The number of hydrogen-bond donors (Lipinski definition) is 2. The first-order chi connectivity index (χ1) is 14.7. The van der Waals surface area contributed by atoms with Gasteiger partial charge in [0.1, 0.15) is 16.9 Å². The minimum atomic E-state index is -0.746. The number of nitrogens with one attached hydrogen (secondary N) is 2. The van der Waals surface area contributed by atoms with Crippen molar-refractivity contribution >= 4 is 29.5 Å². The number of rotatable bonds is 9. The Labute approximate surface area is 197 Å². The number of likely N-dealkylation sites (N-methyl/N-ethyl adjacent to an activating group) is 1. The fourth-order valence-electron chi connectivity index (χ4n) is 3.24. The summed E-state index contributed by atoms with van der Waals surface area (Å²) in [7, 11) is 1.55. The summed E-state index contributed by atoms with van der Waals surface area (Å²) in [5, 5.41) is 4.81. The van der Waals surface area contributed by atoms with E-state index in [9.17, 15) is 14.4 Å². The van der Waals surface area contributed by atoms with Crippen LogP contribution in [0.1, 0.15) is 61.8 Å². The first-order valence-electron chi connectivity index (χ1n) is 11.1. The molecule has 0 unspecified atom stereocenters. The van der Waals surface area contributed by atoms with E-state index in [1.807, 2.05) is 85.7 Å². The molecular weight excluding hydrogens is 424 g/mol. The average molecular weight is 465 g/mol. The second-order valence-electron chi connectivity index (χ2n) is 10.5. The Kier molecular flexibility index (Phi) is 10.3. The van der Waals surface area contributed by atoms with Crippen molar-refractivity contribution in [1.82, 2.24) is 10.6 Å². The van der Waals surface area contributed by atoms with E-state index in [-0.39, 0.29) is 17.7 Å². The topological polar surface area (TPSA) is 84.5 Å². The summed E-state index contributed by atoms with van der Waals surface area (Å²) < 4.78 is 5.71. The average Bonchev–Trinajstić information content (AvgIpc) is 2.66. The van der Waals surface area contributed by atoms with Gasteiger partial charge in [-0.25, -0.2) is 0 Å². The molecular formula is C25H40N2O4S. The number of benzene rings is 1. The Balaban J connectivity index is 3.35. The quantitative estimate of drug-likeness (QED) is 0.417. The highest BCUT2D eigenvalue weighted by Gasteiger charge is 2.41. The third kappa shape index (κ3) is 9.23. The molecule has 1 aromatic carbocycles. The lowest BCUT2D eigenvalue weighted by Crippen LogP contribution is -2.55. The van der Waals surface area contributed by atoms with Crippen molar-refractivity contribution in [2.24, 2.45) is 17.3 Å². The Hall–Kier alpha value is -2.02. The van der Waals surface area contributed by atoms with Crippen LogP contribution >= 0.6 is 11.8 Å². The van der Waals surface area contributed by atoms with Gasteiger partial charge in [0, 0.05) is 11.9 Å². The highest BCUT2D eigenvalue weighted by Crippen LogP contribution is 2.34. The fraction of sp³-hybridized carbons (Fsp3) is 0.640. The minimum absolute atomic E-state index is 0.167. The number of thioether (sulfide) groups is 1. The number of amides is 2. The summed E-state index contributed by atoms with van der Waals surface area (Å²) in [6.45, 7) is 15.2. The summed E-state index contributed by atoms with van der Waals surface area (Å²) >= 11 is 1.33. The van der Waals surface area contributed by atoms with E-state index in [4.69, 9.17) is 4.74 Å². The smallest absolute Gasteiger partial charge is 0.320 e. The molecule has 0 aliphatic carbocycles. The maximum Gasteiger partial charge on any atom is 0.320 e. The molecule has 0 aliphatic rings. The van der Waals surface area contributed by atoms with Crippen LogP contribution < -0.4 is 10.6 Å². The lowest BCUT2D eigenvalue weighted by molar-refractivity contribution is -0.156. The van der Waals surface area contributed by atoms with E-state index in [1.54, 1.807) is 7.05 Å². The molecule has 0 radical (unpaired) electrons. The van der Waals surface area contributed by atoms with Crippen molar-refractivity contribution in [3.05, 3.63) is 30.3 Å². The lowest BCUT2D eigenvalue weighted by Gasteiger charge is -2.33. The van der Waals surface area contributed by atoms with Gasteiger partial charge in [-0.3, -0.25) is 14.4 Å². The normalized spacial score (nSPS) is 14.9. The molecule has 0 saturated carbocycles. The highest BCUT2D eigenvalue weighted by atomic mass is 32.2. The Morgan fingerprint density at radius 1 is 0.969 bits per heavy atom. The molecule has 6 nitrogen and oxygen atoms in total. The van der Waals surface area contributed by atoms with Gasteiger partial charge in [-0.2, -0.15) is 0 Å². The predicted octanol–water partition coefficient (Wildman–Crippen LogP) is 4.43. The summed E-state index contributed by atoms with van der Waals surface area (Å²) in [6, 6.07) is 8.79. The minimum Gasteiger partial charge on any atom is -0.459 e. The van der Waals surface area contributed by atoms with Crippen LogP contribution in [0, 0.1) is 17.3 Å². The van der Waals surface area contributed by atoms with Gasteiger partial charge in [0.25, 0.3) is 0 Å². The second-order valence-corrected chi connectivity index (χ2v) is 11.8. The lowest BCUT2D eigenvalue weighted by atomic mass is 9.85. The van der Waals surface area contributed by atoms with E-state index >= 15 is 0 Å². The molecule has 1 aromatic rings. The number of esters is 1. The van der Waals surface area contributed by atoms with E-state index in [2.05, 4.69) is 10.6 Å². The van der Waals surface area contributed by atoms with Gasteiger partial charge in [-0.05, 0) is 50.7 Å². The molecule has 0 aliphatic heterocycles. The molecule has 0 saturated heterocycles. The van der Waals surface area contributed by atoms with Crippen LogP contribution in [-0.2, 0) is 19.1 Å². The van der Waals surface area contributed by atoms with Crippen molar-refractivity contribution in [3.63, 3.8) is 0 Å². The maximum atomic E-state index is 13.5. The van der Waals surface area contributed by atoms with Gasteiger partial charge in [-0.15, -0.1) is 11.8 Å². The molecule has 0 heterocycles.